The standard InChI is InChI=1S/C14H20F2N2O.2C4H6O4/c1-2-19-14-6-13(16)12(15)5-11(14)9-18-4-3-10(7-17)8-18;2*5-3(6)1-2-4(7)8/h5-6,10H,2-4,7-9,17H2,1H3;2*1-2H2,(H,5,6)(H,7,8)/t10-;;/m1../s1. The van der Waals surface area contributed by atoms with Gasteiger partial charge in [-0.05, 0) is 38.4 Å². The van der Waals surface area contributed by atoms with Crippen LogP contribution in [0, 0.1) is 17.6 Å². The van der Waals surface area contributed by atoms with E-state index in [2.05, 4.69) is 4.90 Å². The highest BCUT2D eigenvalue weighted by Gasteiger charge is 2.23. The normalized spacial score (nSPS) is 14.7. The fraction of sp³-hybridized carbons (Fsp3) is 0.545. The first kappa shape index (κ1) is 31.7. The van der Waals surface area contributed by atoms with Crippen LogP contribution in [0.1, 0.15) is 44.6 Å². The number of nitrogens with zero attached hydrogens (tertiary/aromatic N) is 1. The average molecular weight is 506 g/mol. The van der Waals surface area contributed by atoms with Gasteiger partial charge in [-0.25, -0.2) is 8.78 Å². The molecule has 1 atom stereocenters. The maximum absolute atomic E-state index is 13.3. The molecule has 1 fully saturated rings. The van der Waals surface area contributed by atoms with Gasteiger partial charge in [0, 0.05) is 24.7 Å². The molecule has 0 aromatic heterocycles. The van der Waals surface area contributed by atoms with Gasteiger partial charge < -0.3 is 30.9 Å². The summed E-state index contributed by atoms with van der Waals surface area (Å²) in [5.41, 5.74) is 6.34. The Balaban J connectivity index is 0.000000601. The molecular weight excluding hydrogens is 474 g/mol. The molecular formula is C22H32F2N2O9. The summed E-state index contributed by atoms with van der Waals surface area (Å²) in [6, 6.07) is 2.36. The number of rotatable bonds is 11. The maximum atomic E-state index is 13.3. The number of ether oxygens (including phenoxy) is 1. The third kappa shape index (κ3) is 15.2. The molecule has 0 radical (unpaired) electrons. The van der Waals surface area contributed by atoms with Gasteiger partial charge in [0.15, 0.2) is 11.6 Å². The van der Waals surface area contributed by atoms with Gasteiger partial charge in [0.1, 0.15) is 5.75 Å². The summed E-state index contributed by atoms with van der Waals surface area (Å²) in [6.07, 6.45) is -0.126. The van der Waals surface area contributed by atoms with Gasteiger partial charge in [-0.15, -0.1) is 0 Å². The molecule has 2 rings (SSSR count). The topological polar surface area (TPSA) is 188 Å². The SMILES string of the molecule is CCOc1cc(F)c(F)cc1CN1CC[C@H](CN)C1.O=C(O)CCC(=O)O.O=C(O)CCC(=O)O. The smallest absolute Gasteiger partial charge is 0.303 e. The lowest BCUT2D eigenvalue weighted by atomic mass is 10.1. The van der Waals surface area contributed by atoms with Crippen LogP contribution >= 0.6 is 0 Å². The number of carboxylic acid groups (broad SMARTS) is 4. The molecule has 198 valence electrons. The summed E-state index contributed by atoms with van der Waals surface area (Å²) in [7, 11) is 0. The molecule has 1 aromatic carbocycles. The van der Waals surface area contributed by atoms with E-state index in [4.69, 9.17) is 30.9 Å². The molecule has 35 heavy (non-hydrogen) atoms. The molecule has 0 saturated carbocycles. The fourth-order valence-corrected chi connectivity index (χ4v) is 2.90. The average Bonchev–Trinajstić information content (AvgIpc) is 3.23. The lowest BCUT2D eigenvalue weighted by Crippen LogP contribution is -2.23. The van der Waals surface area contributed by atoms with E-state index in [1.165, 1.54) is 6.07 Å². The second-order valence-electron chi connectivity index (χ2n) is 7.51. The van der Waals surface area contributed by atoms with Crippen molar-refractivity contribution < 1.29 is 53.1 Å². The molecule has 0 spiro atoms. The van der Waals surface area contributed by atoms with Crippen LogP contribution in [-0.4, -0.2) is 75.4 Å². The minimum absolute atomic E-state index is 0.296. The van der Waals surface area contributed by atoms with Crippen LogP contribution in [0.3, 0.4) is 0 Å². The molecule has 1 aromatic rings. The van der Waals surface area contributed by atoms with Crippen molar-refractivity contribution >= 4 is 23.9 Å². The van der Waals surface area contributed by atoms with E-state index in [1.54, 1.807) is 0 Å². The van der Waals surface area contributed by atoms with Gasteiger partial charge in [-0.2, -0.15) is 0 Å². The minimum Gasteiger partial charge on any atom is -0.493 e. The highest BCUT2D eigenvalue weighted by molar-refractivity contribution is 5.75. The first-order valence-electron chi connectivity index (χ1n) is 10.8. The number of likely N-dealkylation sites (tertiary alicyclic amines) is 1. The van der Waals surface area contributed by atoms with E-state index < -0.39 is 35.5 Å². The molecule has 0 bridgehead atoms. The summed E-state index contributed by atoms with van der Waals surface area (Å²) < 4.78 is 32.0. The number of benzene rings is 1. The fourth-order valence-electron chi connectivity index (χ4n) is 2.90. The number of aliphatic carboxylic acids is 4. The molecule has 13 heteroatoms. The largest absolute Gasteiger partial charge is 0.493 e. The predicted octanol–water partition coefficient (Wildman–Crippen LogP) is 2.02. The molecule has 1 aliphatic heterocycles. The second-order valence-corrected chi connectivity index (χ2v) is 7.51. The van der Waals surface area contributed by atoms with Crippen LogP contribution in [0.15, 0.2) is 12.1 Å². The van der Waals surface area contributed by atoms with Gasteiger partial charge in [-0.3, -0.25) is 24.1 Å². The quantitative estimate of drug-likeness (QED) is 0.295. The Kier molecular flexibility index (Phi) is 15.5. The molecule has 1 aliphatic rings. The molecule has 11 nitrogen and oxygen atoms in total. The van der Waals surface area contributed by atoms with Crippen LogP contribution in [0.25, 0.3) is 0 Å². The number of hydrogen-bond acceptors (Lipinski definition) is 7. The number of carboxylic acids is 4. The Morgan fingerprint density at radius 2 is 1.40 bits per heavy atom. The van der Waals surface area contributed by atoms with Gasteiger partial charge in [-0.1, -0.05) is 0 Å². The Bertz CT molecular complexity index is 796. The lowest BCUT2D eigenvalue weighted by molar-refractivity contribution is -0.143. The summed E-state index contributed by atoms with van der Waals surface area (Å²) in [6.45, 7) is 5.35. The van der Waals surface area contributed by atoms with Crippen molar-refractivity contribution in [3.8, 4) is 5.75 Å². The molecule has 0 unspecified atom stereocenters. The molecule has 1 saturated heterocycles. The van der Waals surface area contributed by atoms with Crippen molar-refractivity contribution in [1.29, 1.82) is 0 Å². The molecule has 0 aliphatic carbocycles. The van der Waals surface area contributed by atoms with E-state index in [9.17, 15) is 28.0 Å². The summed E-state index contributed by atoms with van der Waals surface area (Å²) in [5.74, 6) is -5.07. The number of hydrogen-bond donors (Lipinski definition) is 5. The van der Waals surface area contributed by atoms with Gasteiger partial charge in [0.2, 0.25) is 0 Å². The minimum atomic E-state index is -1.08. The van der Waals surface area contributed by atoms with Crippen LogP contribution in [0.4, 0.5) is 8.78 Å². The molecule has 6 N–H and O–H groups in total. The Morgan fingerprint density at radius 1 is 0.943 bits per heavy atom. The van der Waals surface area contributed by atoms with Crippen molar-refractivity contribution in [3.05, 3.63) is 29.3 Å². The lowest BCUT2D eigenvalue weighted by Gasteiger charge is -2.18. The molecule has 1 heterocycles. The van der Waals surface area contributed by atoms with Crippen LogP contribution in [0.5, 0.6) is 5.75 Å². The Morgan fingerprint density at radius 3 is 1.77 bits per heavy atom. The van der Waals surface area contributed by atoms with Crippen molar-refractivity contribution in [3.63, 3.8) is 0 Å². The zero-order valence-corrected chi connectivity index (χ0v) is 19.4. The number of halogens is 2. The van der Waals surface area contributed by atoms with E-state index in [0.717, 1.165) is 25.6 Å². The van der Waals surface area contributed by atoms with Gasteiger partial charge in [0.05, 0.1) is 32.3 Å². The maximum Gasteiger partial charge on any atom is 0.303 e. The van der Waals surface area contributed by atoms with Crippen molar-refractivity contribution in [2.24, 2.45) is 11.7 Å². The molecule has 0 amide bonds. The summed E-state index contributed by atoms with van der Waals surface area (Å²) in [4.78, 5) is 40.8. The van der Waals surface area contributed by atoms with Crippen LogP contribution in [-0.2, 0) is 25.7 Å². The highest BCUT2D eigenvalue weighted by atomic mass is 19.2. The van der Waals surface area contributed by atoms with E-state index in [-0.39, 0.29) is 25.7 Å². The number of carbonyl (C=O) groups is 4. The third-order valence-corrected chi connectivity index (χ3v) is 4.61. The first-order valence-corrected chi connectivity index (χ1v) is 10.8. The second kappa shape index (κ2) is 17.2. The Labute approximate surface area is 201 Å². The van der Waals surface area contributed by atoms with Crippen LogP contribution in [0.2, 0.25) is 0 Å². The van der Waals surface area contributed by atoms with Crippen LogP contribution < -0.4 is 10.5 Å². The van der Waals surface area contributed by atoms with E-state index in [0.29, 0.717) is 36.9 Å². The Hall–Kier alpha value is -3.32. The van der Waals surface area contributed by atoms with Crippen molar-refractivity contribution in [1.82, 2.24) is 4.90 Å². The summed E-state index contributed by atoms with van der Waals surface area (Å²) >= 11 is 0. The van der Waals surface area contributed by atoms with Gasteiger partial charge >= 0.3 is 23.9 Å². The summed E-state index contributed by atoms with van der Waals surface area (Å²) in [5, 5.41) is 31.6. The monoisotopic (exact) mass is 506 g/mol. The van der Waals surface area contributed by atoms with Crippen molar-refractivity contribution in [2.45, 2.75) is 45.6 Å². The number of nitrogens with two attached hydrogens (primary N) is 1. The predicted molar refractivity (Wildman–Crippen MR) is 119 cm³/mol. The van der Waals surface area contributed by atoms with E-state index >= 15 is 0 Å². The van der Waals surface area contributed by atoms with Crippen molar-refractivity contribution in [2.75, 3.05) is 26.2 Å². The third-order valence-electron chi connectivity index (χ3n) is 4.61. The zero-order valence-electron chi connectivity index (χ0n) is 19.4. The van der Waals surface area contributed by atoms with E-state index in [1.807, 2.05) is 6.92 Å². The zero-order chi connectivity index (χ0) is 27.0. The van der Waals surface area contributed by atoms with Gasteiger partial charge in [0.25, 0.3) is 0 Å². The highest BCUT2D eigenvalue weighted by Crippen LogP contribution is 2.26. The first-order chi connectivity index (χ1) is 16.4.